The highest BCUT2D eigenvalue weighted by atomic mass is 16.3. The molecule has 0 unspecified atom stereocenters. The second-order valence-corrected chi connectivity index (χ2v) is 4.65. The molecule has 1 atom stereocenters. The van der Waals surface area contributed by atoms with Crippen molar-refractivity contribution in [3.05, 3.63) is 71.8 Å². The van der Waals surface area contributed by atoms with E-state index in [1.807, 2.05) is 24.3 Å². The van der Waals surface area contributed by atoms with Crippen molar-refractivity contribution in [2.45, 2.75) is 5.72 Å². The SMILES string of the molecule is NN1C(=O)NN=C(c2ccccc2)[C@@]1(O)c1ccccc1. The summed E-state index contributed by atoms with van der Waals surface area (Å²) in [7, 11) is 0. The number of urea groups is 1. The zero-order chi connectivity index (χ0) is 14.9. The van der Waals surface area contributed by atoms with Crippen LogP contribution in [0.3, 0.4) is 0 Å². The van der Waals surface area contributed by atoms with E-state index in [0.717, 1.165) is 5.01 Å². The monoisotopic (exact) mass is 282 g/mol. The van der Waals surface area contributed by atoms with Crippen LogP contribution in [0.5, 0.6) is 0 Å². The fraction of sp³-hybridized carbons (Fsp3) is 0.0667. The van der Waals surface area contributed by atoms with Gasteiger partial charge in [0.05, 0.1) is 0 Å². The molecule has 1 aliphatic rings. The van der Waals surface area contributed by atoms with Crippen LogP contribution in [0.1, 0.15) is 11.1 Å². The smallest absolute Gasteiger partial charge is 0.355 e. The van der Waals surface area contributed by atoms with Gasteiger partial charge >= 0.3 is 6.03 Å². The lowest BCUT2D eigenvalue weighted by molar-refractivity contribution is -0.0330. The van der Waals surface area contributed by atoms with E-state index >= 15 is 0 Å². The second kappa shape index (κ2) is 5.01. The molecule has 0 bridgehead atoms. The van der Waals surface area contributed by atoms with Crippen LogP contribution in [0, 0.1) is 0 Å². The number of rotatable bonds is 2. The summed E-state index contributed by atoms with van der Waals surface area (Å²) in [6.07, 6.45) is 0. The van der Waals surface area contributed by atoms with Crippen molar-refractivity contribution in [1.29, 1.82) is 0 Å². The van der Waals surface area contributed by atoms with Crippen LogP contribution in [0.15, 0.2) is 65.8 Å². The molecule has 4 N–H and O–H groups in total. The summed E-state index contributed by atoms with van der Waals surface area (Å²) < 4.78 is 0. The largest absolute Gasteiger partial charge is 0.361 e. The van der Waals surface area contributed by atoms with E-state index in [1.54, 1.807) is 36.4 Å². The summed E-state index contributed by atoms with van der Waals surface area (Å²) in [5.41, 5.74) is 1.86. The quantitative estimate of drug-likeness (QED) is 0.569. The minimum atomic E-state index is -1.83. The van der Waals surface area contributed by atoms with Crippen molar-refractivity contribution < 1.29 is 9.90 Å². The van der Waals surface area contributed by atoms with E-state index < -0.39 is 11.8 Å². The Kier molecular flexibility index (Phi) is 3.17. The molecule has 0 spiro atoms. The van der Waals surface area contributed by atoms with E-state index in [1.165, 1.54) is 0 Å². The molecule has 0 saturated carbocycles. The fourth-order valence-corrected chi connectivity index (χ4v) is 2.30. The van der Waals surface area contributed by atoms with Crippen molar-refractivity contribution in [3.8, 4) is 0 Å². The van der Waals surface area contributed by atoms with E-state index in [0.29, 0.717) is 11.1 Å². The number of amides is 2. The Bertz CT molecular complexity index is 687. The Morgan fingerprint density at radius 1 is 1.05 bits per heavy atom. The van der Waals surface area contributed by atoms with Crippen LogP contribution in [-0.4, -0.2) is 21.9 Å². The summed E-state index contributed by atoms with van der Waals surface area (Å²) in [5.74, 6) is 5.81. The lowest BCUT2D eigenvalue weighted by atomic mass is 9.91. The average molecular weight is 282 g/mol. The summed E-state index contributed by atoms with van der Waals surface area (Å²) >= 11 is 0. The Hall–Kier alpha value is -2.70. The third kappa shape index (κ3) is 2.06. The van der Waals surface area contributed by atoms with E-state index in [4.69, 9.17) is 5.84 Å². The first kappa shape index (κ1) is 13.3. The van der Waals surface area contributed by atoms with Gasteiger partial charge < -0.3 is 5.11 Å². The molecule has 0 radical (unpaired) electrons. The maximum absolute atomic E-state index is 11.8. The van der Waals surface area contributed by atoms with Gasteiger partial charge in [0.25, 0.3) is 0 Å². The van der Waals surface area contributed by atoms with Gasteiger partial charge in [-0.05, 0) is 0 Å². The van der Waals surface area contributed by atoms with Crippen LogP contribution >= 0.6 is 0 Å². The van der Waals surface area contributed by atoms with Crippen LogP contribution < -0.4 is 11.3 Å². The normalized spacial score (nSPS) is 21.7. The van der Waals surface area contributed by atoms with Crippen LogP contribution in [0.25, 0.3) is 0 Å². The minimum Gasteiger partial charge on any atom is -0.361 e. The molecule has 21 heavy (non-hydrogen) atoms. The molecule has 2 aromatic rings. The lowest BCUT2D eigenvalue weighted by Crippen LogP contribution is -2.63. The highest BCUT2D eigenvalue weighted by molar-refractivity contribution is 6.09. The predicted molar refractivity (Wildman–Crippen MR) is 77.9 cm³/mol. The minimum absolute atomic E-state index is 0.261. The molecule has 0 aliphatic carbocycles. The van der Waals surface area contributed by atoms with Gasteiger partial charge in [-0.25, -0.2) is 21.1 Å². The lowest BCUT2D eigenvalue weighted by Gasteiger charge is -2.39. The number of benzene rings is 2. The van der Waals surface area contributed by atoms with Gasteiger partial charge in [0.1, 0.15) is 5.71 Å². The van der Waals surface area contributed by atoms with Crippen molar-refractivity contribution in [2.75, 3.05) is 0 Å². The molecule has 1 aliphatic heterocycles. The summed E-state index contributed by atoms with van der Waals surface area (Å²) in [5, 5.41) is 15.9. The molecule has 3 rings (SSSR count). The number of hydrazone groups is 1. The molecule has 2 aromatic carbocycles. The molecule has 6 nitrogen and oxygen atoms in total. The zero-order valence-electron chi connectivity index (χ0n) is 11.1. The first-order valence-electron chi connectivity index (χ1n) is 6.40. The van der Waals surface area contributed by atoms with Gasteiger partial charge in [0.2, 0.25) is 5.72 Å². The zero-order valence-corrected chi connectivity index (χ0v) is 11.1. The second-order valence-electron chi connectivity index (χ2n) is 4.65. The van der Waals surface area contributed by atoms with Crippen molar-refractivity contribution in [3.63, 3.8) is 0 Å². The third-order valence-corrected chi connectivity index (χ3v) is 3.38. The topological polar surface area (TPSA) is 91.0 Å². The van der Waals surface area contributed by atoms with E-state index in [2.05, 4.69) is 10.5 Å². The predicted octanol–water partition coefficient (Wildman–Crippen LogP) is 1.13. The van der Waals surface area contributed by atoms with Gasteiger partial charge in [0, 0.05) is 11.1 Å². The van der Waals surface area contributed by atoms with Crippen molar-refractivity contribution in [1.82, 2.24) is 10.4 Å². The molecule has 0 fully saturated rings. The molecule has 106 valence electrons. The molecule has 6 heteroatoms. The Balaban J connectivity index is 2.19. The van der Waals surface area contributed by atoms with Gasteiger partial charge in [-0.2, -0.15) is 5.10 Å². The van der Waals surface area contributed by atoms with Gasteiger partial charge in [-0.3, -0.25) is 0 Å². The van der Waals surface area contributed by atoms with Crippen LogP contribution in [0.2, 0.25) is 0 Å². The first-order valence-corrected chi connectivity index (χ1v) is 6.40. The Morgan fingerprint density at radius 2 is 1.62 bits per heavy atom. The number of hydrazine groups is 1. The fourth-order valence-electron chi connectivity index (χ4n) is 2.30. The number of carbonyl (C=O) groups excluding carboxylic acids is 1. The summed E-state index contributed by atoms with van der Waals surface area (Å²) in [4.78, 5) is 11.8. The standard InChI is InChI=1S/C15H14N4O2/c16-19-14(20)18-17-13(11-7-3-1-4-8-11)15(19,21)12-9-5-2-6-10-12/h1-10,21H,16H2,(H,18,20)/t15-/m0/s1. The molecule has 0 aromatic heterocycles. The van der Waals surface area contributed by atoms with Gasteiger partial charge in [-0.15, -0.1) is 0 Å². The van der Waals surface area contributed by atoms with Crippen LogP contribution in [0.4, 0.5) is 4.79 Å². The number of carbonyl (C=O) groups is 1. The van der Waals surface area contributed by atoms with Crippen molar-refractivity contribution >= 4 is 11.7 Å². The van der Waals surface area contributed by atoms with E-state index in [-0.39, 0.29) is 5.71 Å². The van der Waals surface area contributed by atoms with Crippen molar-refractivity contribution in [2.24, 2.45) is 10.9 Å². The Labute approximate surface area is 121 Å². The number of aliphatic hydroxyl groups is 1. The molecular formula is C15H14N4O2. The average Bonchev–Trinajstić information content (AvgIpc) is 2.54. The maximum Gasteiger partial charge on any atom is 0.355 e. The first-order chi connectivity index (χ1) is 10.1. The van der Waals surface area contributed by atoms with Gasteiger partial charge in [-0.1, -0.05) is 60.7 Å². The maximum atomic E-state index is 11.8. The number of nitrogens with one attached hydrogen (secondary N) is 1. The number of nitrogens with two attached hydrogens (primary N) is 1. The summed E-state index contributed by atoms with van der Waals surface area (Å²) in [6, 6.07) is 17.1. The Morgan fingerprint density at radius 3 is 2.24 bits per heavy atom. The summed E-state index contributed by atoms with van der Waals surface area (Å²) in [6.45, 7) is 0. The highest BCUT2D eigenvalue weighted by Crippen LogP contribution is 2.30. The van der Waals surface area contributed by atoms with Crippen LogP contribution in [-0.2, 0) is 5.72 Å². The molecule has 0 saturated heterocycles. The number of hydrogen-bond donors (Lipinski definition) is 3. The highest BCUT2D eigenvalue weighted by Gasteiger charge is 2.46. The van der Waals surface area contributed by atoms with Gasteiger partial charge in [0.15, 0.2) is 0 Å². The third-order valence-electron chi connectivity index (χ3n) is 3.38. The number of hydrogen-bond acceptors (Lipinski definition) is 4. The van der Waals surface area contributed by atoms with E-state index in [9.17, 15) is 9.90 Å². The molecule has 1 heterocycles. The molecule has 2 amide bonds. The molecular weight excluding hydrogens is 268 g/mol. The number of nitrogens with zero attached hydrogens (tertiary/aromatic N) is 2.